The smallest absolute Gasteiger partial charge is 0.302 e. The van der Waals surface area contributed by atoms with Gasteiger partial charge in [0, 0.05) is 13.3 Å². The zero-order valence-corrected chi connectivity index (χ0v) is 8.14. The van der Waals surface area contributed by atoms with Crippen LogP contribution in [0.4, 0.5) is 0 Å². The molecule has 0 unspecified atom stereocenters. The fourth-order valence-electron chi connectivity index (χ4n) is 1.42. The third kappa shape index (κ3) is 4.54. The molecule has 0 bridgehead atoms. The minimum atomic E-state index is -0.207. The van der Waals surface area contributed by atoms with E-state index in [0.717, 1.165) is 6.42 Å². The molecule has 0 aromatic heterocycles. The molecule has 0 heterocycles. The van der Waals surface area contributed by atoms with Crippen molar-refractivity contribution in [1.82, 2.24) is 0 Å². The molecule has 0 spiro atoms. The van der Waals surface area contributed by atoms with E-state index in [0.29, 0.717) is 6.61 Å². The summed E-state index contributed by atoms with van der Waals surface area (Å²) in [4.78, 5) is 10.4. The van der Waals surface area contributed by atoms with Gasteiger partial charge in [-0.15, -0.1) is 5.73 Å². The van der Waals surface area contributed by atoms with Gasteiger partial charge in [-0.2, -0.15) is 0 Å². The molecule has 0 amide bonds. The largest absolute Gasteiger partial charge is 0.466 e. The molecule has 0 N–H and O–H groups in total. The lowest BCUT2D eigenvalue weighted by Crippen LogP contribution is -1.98. The minimum absolute atomic E-state index is 0.207. The SMILES string of the molecule is CC(=O)OCCC=C=C1CCCC1. The number of rotatable bonds is 3. The van der Waals surface area contributed by atoms with Crippen LogP contribution in [0.3, 0.4) is 0 Å². The number of hydrogen-bond acceptors (Lipinski definition) is 2. The number of carbonyl (C=O) groups is 1. The lowest BCUT2D eigenvalue weighted by molar-refractivity contribution is -0.140. The summed E-state index contributed by atoms with van der Waals surface area (Å²) in [6, 6.07) is 0. The normalized spacial score (nSPS) is 15.3. The van der Waals surface area contributed by atoms with Gasteiger partial charge in [0.05, 0.1) is 6.61 Å². The van der Waals surface area contributed by atoms with E-state index in [1.807, 2.05) is 6.08 Å². The van der Waals surface area contributed by atoms with Crippen molar-refractivity contribution in [2.24, 2.45) is 0 Å². The quantitative estimate of drug-likeness (QED) is 0.379. The van der Waals surface area contributed by atoms with E-state index in [4.69, 9.17) is 4.74 Å². The minimum Gasteiger partial charge on any atom is -0.466 e. The first kappa shape index (κ1) is 10.1. The zero-order chi connectivity index (χ0) is 9.52. The molecule has 0 saturated heterocycles. The molecular weight excluding hydrogens is 164 g/mol. The van der Waals surface area contributed by atoms with Crippen LogP contribution in [0.15, 0.2) is 17.4 Å². The van der Waals surface area contributed by atoms with Gasteiger partial charge in [0.2, 0.25) is 0 Å². The molecule has 1 rings (SSSR count). The Bertz CT molecular complexity index is 226. The fraction of sp³-hybridized carbons (Fsp3) is 0.636. The summed E-state index contributed by atoms with van der Waals surface area (Å²) in [7, 11) is 0. The van der Waals surface area contributed by atoms with Gasteiger partial charge in [-0.3, -0.25) is 4.79 Å². The predicted molar refractivity (Wildman–Crippen MR) is 51.3 cm³/mol. The van der Waals surface area contributed by atoms with Crippen LogP contribution in [0.25, 0.3) is 0 Å². The molecule has 0 radical (unpaired) electrons. The van der Waals surface area contributed by atoms with E-state index < -0.39 is 0 Å². The lowest BCUT2D eigenvalue weighted by Gasteiger charge is -1.95. The van der Waals surface area contributed by atoms with Gasteiger partial charge in [0.15, 0.2) is 0 Å². The number of esters is 1. The highest BCUT2D eigenvalue weighted by Gasteiger charge is 2.03. The van der Waals surface area contributed by atoms with Crippen molar-refractivity contribution in [3.8, 4) is 0 Å². The number of ether oxygens (including phenoxy) is 1. The zero-order valence-electron chi connectivity index (χ0n) is 8.14. The highest BCUT2D eigenvalue weighted by atomic mass is 16.5. The highest BCUT2D eigenvalue weighted by Crippen LogP contribution is 2.22. The maximum Gasteiger partial charge on any atom is 0.302 e. The highest BCUT2D eigenvalue weighted by molar-refractivity contribution is 5.65. The number of carbonyl (C=O) groups excluding carboxylic acids is 1. The molecule has 2 heteroatoms. The van der Waals surface area contributed by atoms with Crippen molar-refractivity contribution in [1.29, 1.82) is 0 Å². The Morgan fingerprint density at radius 1 is 1.54 bits per heavy atom. The van der Waals surface area contributed by atoms with Gasteiger partial charge in [0.1, 0.15) is 0 Å². The molecule has 1 saturated carbocycles. The Morgan fingerprint density at radius 3 is 2.85 bits per heavy atom. The average Bonchev–Trinajstić information content (AvgIpc) is 2.55. The molecule has 1 aliphatic carbocycles. The van der Waals surface area contributed by atoms with E-state index in [-0.39, 0.29) is 5.97 Å². The monoisotopic (exact) mass is 180 g/mol. The van der Waals surface area contributed by atoms with Gasteiger partial charge in [0.25, 0.3) is 0 Å². The van der Waals surface area contributed by atoms with Gasteiger partial charge in [-0.1, -0.05) is 0 Å². The molecule has 1 aliphatic rings. The second-order valence-electron chi connectivity index (χ2n) is 3.29. The molecule has 72 valence electrons. The summed E-state index contributed by atoms with van der Waals surface area (Å²) >= 11 is 0. The van der Waals surface area contributed by atoms with Gasteiger partial charge >= 0.3 is 5.97 Å². The molecule has 0 aromatic carbocycles. The van der Waals surface area contributed by atoms with Crippen LogP contribution in [0.5, 0.6) is 0 Å². The van der Waals surface area contributed by atoms with Crippen molar-refractivity contribution in [3.05, 3.63) is 17.4 Å². The van der Waals surface area contributed by atoms with Crippen LogP contribution in [-0.2, 0) is 9.53 Å². The van der Waals surface area contributed by atoms with E-state index in [9.17, 15) is 4.79 Å². The third-order valence-electron chi connectivity index (χ3n) is 2.08. The summed E-state index contributed by atoms with van der Waals surface area (Å²) in [5.74, 6) is -0.207. The van der Waals surface area contributed by atoms with Crippen molar-refractivity contribution in [2.45, 2.75) is 39.0 Å². The van der Waals surface area contributed by atoms with Crippen molar-refractivity contribution >= 4 is 5.97 Å². The number of hydrogen-bond donors (Lipinski definition) is 0. The second kappa shape index (κ2) is 5.60. The summed E-state index contributed by atoms with van der Waals surface area (Å²) in [5, 5.41) is 0. The molecule has 0 atom stereocenters. The van der Waals surface area contributed by atoms with E-state index in [1.165, 1.54) is 38.2 Å². The molecular formula is C11H16O2. The van der Waals surface area contributed by atoms with E-state index in [2.05, 4.69) is 5.73 Å². The van der Waals surface area contributed by atoms with Crippen molar-refractivity contribution in [2.75, 3.05) is 6.61 Å². The van der Waals surface area contributed by atoms with Crippen molar-refractivity contribution < 1.29 is 9.53 Å². The summed E-state index contributed by atoms with van der Waals surface area (Å²) in [5.41, 5.74) is 4.67. The summed E-state index contributed by atoms with van der Waals surface area (Å²) in [6.45, 7) is 1.91. The Kier molecular flexibility index (Phi) is 4.34. The van der Waals surface area contributed by atoms with Crippen LogP contribution in [0.1, 0.15) is 39.0 Å². The lowest BCUT2D eigenvalue weighted by atomic mass is 10.2. The fourth-order valence-corrected chi connectivity index (χ4v) is 1.42. The average molecular weight is 180 g/mol. The second-order valence-corrected chi connectivity index (χ2v) is 3.29. The van der Waals surface area contributed by atoms with Gasteiger partial charge in [-0.05, 0) is 37.3 Å². The predicted octanol–water partition coefficient (Wildman–Crippen LogP) is 2.60. The molecule has 2 nitrogen and oxygen atoms in total. The first-order valence-corrected chi connectivity index (χ1v) is 4.85. The maximum absolute atomic E-state index is 10.4. The van der Waals surface area contributed by atoms with Gasteiger partial charge in [-0.25, -0.2) is 0 Å². The Morgan fingerprint density at radius 2 is 2.23 bits per heavy atom. The first-order valence-electron chi connectivity index (χ1n) is 4.85. The van der Waals surface area contributed by atoms with Crippen LogP contribution in [0, 0.1) is 0 Å². The van der Waals surface area contributed by atoms with E-state index >= 15 is 0 Å². The Hall–Kier alpha value is -1.01. The van der Waals surface area contributed by atoms with E-state index in [1.54, 1.807) is 0 Å². The van der Waals surface area contributed by atoms with Crippen LogP contribution >= 0.6 is 0 Å². The van der Waals surface area contributed by atoms with Crippen LogP contribution in [0.2, 0.25) is 0 Å². The summed E-state index contributed by atoms with van der Waals surface area (Å²) < 4.78 is 4.79. The molecule has 0 aliphatic heterocycles. The van der Waals surface area contributed by atoms with Crippen molar-refractivity contribution in [3.63, 3.8) is 0 Å². The van der Waals surface area contributed by atoms with Crippen LogP contribution in [-0.4, -0.2) is 12.6 Å². The summed E-state index contributed by atoms with van der Waals surface area (Å²) in [6.07, 6.45) is 7.76. The third-order valence-corrected chi connectivity index (χ3v) is 2.08. The first-order chi connectivity index (χ1) is 6.29. The molecule has 1 fully saturated rings. The van der Waals surface area contributed by atoms with Gasteiger partial charge < -0.3 is 4.74 Å². The Labute approximate surface area is 79.3 Å². The molecule has 0 aromatic rings. The molecule has 13 heavy (non-hydrogen) atoms. The Balaban J connectivity index is 2.17. The standard InChI is InChI=1S/C11H16O2/c1-10(12)13-9-5-4-8-11-6-2-3-7-11/h4H,2-3,5-7,9H2,1H3. The topological polar surface area (TPSA) is 26.3 Å². The maximum atomic E-state index is 10.4. The van der Waals surface area contributed by atoms with Crippen LogP contribution < -0.4 is 0 Å².